The first-order valence-electron chi connectivity index (χ1n) is 4.63. The van der Waals surface area contributed by atoms with Crippen LogP contribution in [0.25, 0.3) is 0 Å². The van der Waals surface area contributed by atoms with Crippen LogP contribution in [0.1, 0.15) is 20.8 Å². The summed E-state index contributed by atoms with van der Waals surface area (Å²) in [7, 11) is -3.04. The minimum absolute atomic E-state index is 0.109. The lowest BCUT2D eigenvalue weighted by Gasteiger charge is -2.36. The Morgan fingerprint density at radius 1 is 1.14 bits per heavy atom. The summed E-state index contributed by atoms with van der Waals surface area (Å²) in [6, 6.07) is 0. The summed E-state index contributed by atoms with van der Waals surface area (Å²) in [6.07, 6.45) is 0.905. The van der Waals surface area contributed by atoms with Crippen molar-refractivity contribution in [2.45, 2.75) is 32.3 Å². The van der Waals surface area contributed by atoms with Crippen LogP contribution < -0.4 is 0 Å². The van der Waals surface area contributed by atoms with Gasteiger partial charge in [-0.1, -0.05) is 20.8 Å². The zero-order valence-electron chi connectivity index (χ0n) is 9.11. The average molecular weight is 222 g/mol. The molecule has 84 valence electrons. The molecule has 0 aliphatic carbocycles. The Kier molecular flexibility index (Phi) is 3.23. The summed E-state index contributed by atoms with van der Waals surface area (Å²) < 4.78 is 33.1. The van der Waals surface area contributed by atoms with E-state index in [1.807, 2.05) is 20.8 Å². The summed E-state index contributed by atoms with van der Waals surface area (Å²) in [4.78, 5) is 0. The van der Waals surface area contributed by atoms with Crippen molar-refractivity contribution in [3.63, 3.8) is 0 Å². The molecule has 0 unspecified atom stereocenters. The Morgan fingerprint density at radius 2 is 1.57 bits per heavy atom. The molecule has 0 aromatic heterocycles. The van der Waals surface area contributed by atoms with Crippen molar-refractivity contribution < 1.29 is 17.9 Å². The van der Waals surface area contributed by atoms with E-state index in [-0.39, 0.29) is 24.9 Å². The molecule has 0 aromatic rings. The van der Waals surface area contributed by atoms with E-state index >= 15 is 0 Å². The standard InChI is InChI=1S/C9H18O4S/c1-9(2,3)8-12-5-7(6-13-8)14(4,10)11/h7-8H,5-6H2,1-4H3. The van der Waals surface area contributed by atoms with E-state index in [1.165, 1.54) is 6.26 Å². The van der Waals surface area contributed by atoms with Crippen LogP contribution in [0.15, 0.2) is 0 Å². The number of sulfone groups is 1. The molecule has 1 fully saturated rings. The number of hydrogen-bond acceptors (Lipinski definition) is 4. The average Bonchev–Trinajstić information content (AvgIpc) is 2.01. The summed E-state index contributed by atoms with van der Waals surface area (Å²) >= 11 is 0. The SMILES string of the molecule is CC(C)(C)C1OCC(S(C)(=O)=O)CO1. The molecule has 0 bridgehead atoms. The third-order valence-electron chi connectivity index (χ3n) is 2.18. The van der Waals surface area contributed by atoms with E-state index in [1.54, 1.807) is 0 Å². The fourth-order valence-corrected chi connectivity index (χ4v) is 1.88. The van der Waals surface area contributed by atoms with Gasteiger partial charge >= 0.3 is 0 Å². The van der Waals surface area contributed by atoms with E-state index in [0.29, 0.717) is 0 Å². The van der Waals surface area contributed by atoms with Gasteiger partial charge in [0.05, 0.1) is 13.2 Å². The number of ether oxygens (including phenoxy) is 2. The van der Waals surface area contributed by atoms with E-state index < -0.39 is 15.1 Å². The molecule has 0 radical (unpaired) electrons. The smallest absolute Gasteiger partial charge is 0.162 e. The highest BCUT2D eigenvalue weighted by molar-refractivity contribution is 7.91. The highest BCUT2D eigenvalue weighted by atomic mass is 32.2. The highest BCUT2D eigenvalue weighted by Gasteiger charge is 2.35. The van der Waals surface area contributed by atoms with Crippen molar-refractivity contribution in [1.82, 2.24) is 0 Å². The van der Waals surface area contributed by atoms with Crippen LogP contribution in [0.3, 0.4) is 0 Å². The van der Waals surface area contributed by atoms with Crippen molar-refractivity contribution in [2.24, 2.45) is 5.41 Å². The van der Waals surface area contributed by atoms with Gasteiger partial charge in [-0.05, 0) is 0 Å². The highest BCUT2D eigenvalue weighted by Crippen LogP contribution is 2.26. The van der Waals surface area contributed by atoms with Gasteiger partial charge in [-0.3, -0.25) is 0 Å². The molecular weight excluding hydrogens is 204 g/mol. The molecule has 1 aliphatic rings. The molecule has 0 aromatic carbocycles. The summed E-state index contributed by atoms with van der Waals surface area (Å²) in [6.45, 7) is 6.47. The van der Waals surface area contributed by atoms with Crippen molar-refractivity contribution in [3.05, 3.63) is 0 Å². The molecule has 1 heterocycles. The first kappa shape index (κ1) is 11.9. The van der Waals surface area contributed by atoms with E-state index in [4.69, 9.17) is 9.47 Å². The van der Waals surface area contributed by atoms with Crippen LogP contribution in [-0.2, 0) is 19.3 Å². The van der Waals surface area contributed by atoms with E-state index in [2.05, 4.69) is 0 Å². The Labute approximate surface area is 85.5 Å². The van der Waals surface area contributed by atoms with Crippen LogP contribution in [0, 0.1) is 5.41 Å². The Bertz CT molecular complexity index is 280. The fourth-order valence-electron chi connectivity index (χ4n) is 1.23. The quantitative estimate of drug-likeness (QED) is 0.659. The van der Waals surface area contributed by atoms with Crippen LogP contribution >= 0.6 is 0 Å². The molecule has 0 atom stereocenters. The summed E-state index contributed by atoms with van der Waals surface area (Å²) in [5.41, 5.74) is -0.109. The molecule has 5 heteroatoms. The lowest BCUT2D eigenvalue weighted by Crippen LogP contribution is -2.45. The van der Waals surface area contributed by atoms with Gasteiger partial charge in [-0.2, -0.15) is 0 Å². The third kappa shape index (κ3) is 2.93. The van der Waals surface area contributed by atoms with Gasteiger partial charge in [0, 0.05) is 11.7 Å². The summed E-state index contributed by atoms with van der Waals surface area (Å²) in [5.74, 6) is 0. The van der Waals surface area contributed by atoms with Gasteiger partial charge < -0.3 is 9.47 Å². The molecule has 14 heavy (non-hydrogen) atoms. The predicted molar refractivity (Wildman–Crippen MR) is 53.8 cm³/mol. The molecule has 4 nitrogen and oxygen atoms in total. The molecule has 0 saturated carbocycles. The van der Waals surface area contributed by atoms with Gasteiger partial charge in [0.1, 0.15) is 5.25 Å². The van der Waals surface area contributed by atoms with Crippen LogP contribution in [0.5, 0.6) is 0 Å². The first-order chi connectivity index (χ1) is 6.21. The van der Waals surface area contributed by atoms with Crippen LogP contribution in [0.4, 0.5) is 0 Å². The molecular formula is C9H18O4S. The van der Waals surface area contributed by atoms with Crippen molar-refractivity contribution in [2.75, 3.05) is 19.5 Å². The van der Waals surface area contributed by atoms with Crippen molar-refractivity contribution >= 4 is 9.84 Å². The zero-order valence-corrected chi connectivity index (χ0v) is 9.93. The minimum Gasteiger partial charge on any atom is -0.351 e. The maximum absolute atomic E-state index is 11.2. The van der Waals surface area contributed by atoms with Crippen molar-refractivity contribution in [1.29, 1.82) is 0 Å². The topological polar surface area (TPSA) is 52.6 Å². The molecule has 1 saturated heterocycles. The lowest BCUT2D eigenvalue weighted by molar-refractivity contribution is -0.222. The van der Waals surface area contributed by atoms with Crippen LogP contribution in [-0.4, -0.2) is 39.4 Å². The molecule has 1 aliphatic heterocycles. The maximum Gasteiger partial charge on any atom is 0.162 e. The predicted octanol–water partition coefficient (Wildman–Crippen LogP) is 0.819. The van der Waals surface area contributed by atoms with E-state index in [0.717, 1.165) is 0 Å². The largest absolute Gasteiger partial charge is 0.351 e. The van der Waals surface area contributed by atoms with Gasteiger partial charge in [-0.25, -0.2) is 8.42 Å². The Hall–Kier alpha value is -0.130. The Balaban J connectivity index is 2.56. The molecule has 1 rings (SSSR count). The van der Waals surface area contributed by atoms with Gasteiger partial charge in [0.15, 0.2) is 16.1 Å². The number of rotatable bonds is 1. The Morgan fingerprint density at radius 3 is 1.86 bits per heavy atom. The fraction of sp³-hybridized carbons (Fsp3) is 1.00. The normalized spacial score (nSPS) is 30.3. The molecule has 0 N–H and O–H groups in total. The van der Waals surface area contributed by atoms with Crippen LogP contribution in [0.2, 0.25) is 0 Å². The van der Waals surface area contributed by atoms with Gasteiger partial charge in [0.25, 0.3) is 0 Å². The van der Waals surface area contributed by atoms with Gasteiger partial charge in [0.2, 0.25) is 0 Å². The zero-order chi connectivity index (χ0) is 11.0. The lowest BCUT2D eigenvalue weighted by atomic mass is 9.95. The monoisotopic (exact) mass is 222 g/mol. The number of hydrogen-bond donors (Lipinski definition) is 0. The van der Waals surface area contributed by atoms with E-state index in [9.17, 15) is 8.42 Å². The molecule has 0 spiro atoms. The second-order valence-corrected chi connectivity index (χ2v) is 7.14. The van der Waals surface area contributed by atoms with Gasteiger partial charge in [-0.15, -0.1) is 0 Å². The maximum atomic E-state index is 11.2. The second-order valence-electron chi connectivity index (χ2n) is 4.82. The minimum atomic E-state index is -3.04. The van der Waals surface area contributed by atoms with Crippen molar-refractivity contribution in [3.8, 4) is 0 Å². The first-order valence-corrected chi connectivity index (χ1v) is 6.59. The third-order valence-corrected chi connectivity index (χ3v) is 3.66. The molecule has 0 amide bonds. The second kappa shape index (κ2) is 3.79. The summed E-state index contributed by atoms with van der Waals surface area (Å²) in [5, 5.41) is -0.513.